The van der Waals surface area contributed by atoms with Crippen molar-refractivity contribution in [1.82, 2.24) is 0 Å². The Morgan fingerprint density at radius 2 is 2.28 bits per heavy atom. The van der Waals surface area contributed by atoms with Gasteiger partial charge in [-0.3, -0.25) is 4.79 Å². The molecule has 1 aromatic carbocycles. The average Bonchev–Trinajstić information content (AvgIpc) is 2.78. The van der Waals surface area contributed by atoms with Crippen molar-refractivity contribution in [3.63, 3.8) is 0 Å². The third-order valence-electron chi connectivity index (χ3n) is 3.01. The van der Waals surface area contributed by atoms with E-state index >= 15 is 0 Å². The van der Waals surface area contributed by atoms with Gasteiger partial charge in [0, 0.05) is 13.0 Å². The molecule has 18 heavy (non-hydrogen) atoms. The van der Waals surface area contributed by atoms with E-state index in [0.29, 0.717) is 25.3 Å². The maximum absolute atomic E-state index is 11.9. The molecule has 2 rings (SSSR count). The van der Waals surface area contributed by atoms with Gasteiger partial charge in [-0.2, -0.15) is 0 Å². The highest BCUT2D eigenvalue weighted by Crippen LogP contribution is 2.32. The highest BCUT2D eigenvalue weighted by atomic mass is 16.5. The van der Waals surface area contributed by atoms with Gasteiger partial charge in [-0.15, -0.1) is 6.42 Å². The molecule has 1 aliphatic rings. The predicted octanol–water partition coefficient (Wildman–Crippen LogP) is 1.01. The minimum absolute atomic E-state index is 0.0854. The van der Waals surface area contributed by atoms with Gasteiger partial charge in [0.2, 0.25) is 5.91 Å². The maximum Gasteiger partial charge on any atom is 0.227 e. The van der Waals surface area contributed by atoms with Crippen molar-refractivity contribution in [1.29, 1.82) is 0 Å². The van der Waals surface area contributed by atoms with Gasteiger partial charge in [0.15, 0.2) is 0 Å². The Labute approximate surface area is 107 Å². The monoisotopic (exact) mass is 244 g/mol. The van der Waals surface area contributed by atoms with Crippen molar-refractivity contribution < 1.29 is 9.53 Å². The predicted molar refractivity (Wildman–Crippen MR) is 70.3 cm³/mol. The number of nitrogens with two attached hydrogens (primary N) is 1. The Morgan fingerprint density at radius 3 is 2.94 bits per heavy atom. The van der Waals surface area contributed by atoms with Crippen LogP contribution in [0, 0.1) is 18.3 Å². The van der Waals surface area contributed by atoms with Gasteiger partial charge >= 0.3 is 0 Å². The fraction of sp³-hybridized carbons (Fsp3) is 0.357. The second kappa shape index (κ2) is 5.56. The summed E-state index contributed by atoms with van der Waals surface area (Å²) in [5.74, 6) is 3.37. The lowest BCUT2D eigenvalue weighted by molar-refractivity contribution is -0.117. The maximum atomic E-state index is 11.9. The van der Waals surface area contributed by atoms with Gasteiger partial charge < -0.3 is 15.4 Å². The summed E-state index contributed by atoms with van der Waals surface area (Å²) in [4.78, 5) is 13.7. The first-order valence-corrected chi connectivity index (χ1v) is 5.92. The number of hydrogen-bond donors (Lipinski definition) is 1. The summed E-state index contributed by atoms with van der Waals surface area (Å²) in [6.45, 7) is 1.36. The van der Waals surface area contributed by atoms with Crippen LogP contribution in [-0.4, -0.2) is 25.6 Å². The first-order valence-electron chi connectivity index (χ1n) is 5.92. The van der Waals surface area contributed by atoms with E-state index in [-0.39, 0.29) is 18.4 Å². The topological polar surface area (TPSA) is 55.6 Å². The molecular weight excluding hydrogens is 228 g/mol. The highest BCUT2D eigenvalue weighted by molar-refractivity contribution is 5.97. The van der Waals surface area contributed by atoms with Crippen LogP contribution in [0.3, 0.4) is 0 Å². The first kappa shape index (κ1) is 12.5. The van der Waals surface area contributed by atoms with Crippen molar-refractivity contribution in [3.05, 3.63) is 24.3 Å². The second-order valence-corrected chi connectivity index (χ2v) is 4.27. The molecule has 4 heteroatoms. The molecule has 0 radical (unpaired) electrons. The van der Waals surface area contributed by atoms with E-state index in [1.807, 2.05) is 24.3 Å². The summed E-state index contributed by atoms with van der Waals surface area (Å²) in [6, 6.07) is 7.41. The van der Waals surface area contributed by atoms with Crippen LogP contribution in [0.5, 0.6) is 5.75 Å². The number of anilines is 1. The zero-order valence-electron chi connectivity index (χ0n) is 10.1. The lowest BCUT2D eigenvalue weighted by Crippen LogP contribution is -2.26. The Bertz CT molecular complexity index is 479. The van der Waals surface area contributed by atoms with Crippen LogP contribution in [-0.2, 0) is 4.79 Å². The molecule has 0 aromatic heterocycles. The van der Waals surface area contributed by atoms with E-state index in [1.54, 1.807) is 4.90 Å². The van der Waals surface area contributed by atoms with Crippen molar-refractivity contribution in [2.75, 3.05) is 24.6 Å². The number of hydrogen-bond acceptors (Lipinski definition) is 3. The molecular formula is C14H16N2O2. The number of carbonyl (C=O) groups excluding carboxylic acids is 1. The van der Waals surface area contributed by atoms with Crippen LogP contribution in [0.4, 0.5) is 5.69 Å². The fourth-order valence-corrected chi connectivity index (χ4v) is 2.09. The van der Waals surface area contributed by atoms with E-state index in [9.17, 15) is 4.79 Å². The third kappa shape index (κ3) is 2.47. The van der Waals surface area contributed by atoms with Gasteiger partial charge in [0.1, 0.15) is 12.4 Å². The van der Waals surface area contributed by atoms with E-state index in [2.05, 4.69) is 5.92 Å². The van der Waals surface area contributed by atoms with Crippen LogP contribution < -0.4 is 15.4 Å². The lowest BCUT2D eigenvalue weighted by Gasteiger charge is -2.19. The second-order valence-electron chi connectivity index (χ2n) is 4.27. The number of ether oxygens (including phenoxy) is 1. The van der Waals surface area contributed by atoms with E-state index in [1.165, 1.54) is 0 Å². The zero-order chi connectivity index (χ0) is 13.0. The summed E-state index contributed by atoms with van der Waals surface area (Å²) in [5, 5.41) is 0. The van der Waals surface area contributed by atoms with Gasteiger partial charge in [-0.05, 0) is 24.6 Å². The number of nitrogens with zero attached hydrogens (tertiary/aromatic N) is 1. The van der Waals surface area contributed by atoms with Crippen molar-refractivity contribution in [2.24, 2.45) is 11.7 Å². The molecule has 0 spiro atoms. The number of terminal acetylenes is 1. The molecule has 1 atom stereocenters. The minimum Gasteiger partial charge on any atom is -0.479 e. The van der Waals surface area contributed by atoms with Gasteiger partial charge in [-0.1, -0.05) is 18.1 Å². The van der Waals surface area contributed by atoms with E-state index in [4.69, 9.17) is 16.9 Å². The van der Waals surface area contributed by atoms with Crippen LogP contribution in [0.2, 0.25) is 0 Å². The molecule has 0 bridgehead atoms. The van der Waals surface area contributed by atoms with Crippen molar-refractivity contribution >= 4 is 11.6 Å². The summed E-state index contributed by atoms with van der Waals surface area (Å²) in [7, 11) is 0. The Hall–Kier alpha value is -1.99. The molecule has 94 valence electrons. The summed E-state index contributed by atoms with van der Waals surface area (Å²) < 4.78 is 5.45. The van der Waals surface area contributed by atoms with E-state index < -0.39 is 0 Å². The summed E-state index contributed by atoms with van der Waals surface area (Å²) in [5.41, 5.74) is 6.39. The van der Waals surface area contributed by atoms with Crippen LogP contribution in [0.25, 0.3) is 0 Å². The number of carbonyl (C=O) groups is 1. The Balaban J connectivity index is 2.23. The SMILES string of the molecule is C#CCOc1ccccc1N1CC(CN)CC1=O. The first-order chi connectivity index (χ1) is 8.76. The minimum atomic E-state index is 0.0854. The molecule has 0 saturated carbocycles. The molecule has 0 aliphatic carbocycles. The number of benzene rings is 1. The van der Waals surface area contributed by atoms with Crippen molar-refractivity contribution in [3.8, 4) is 18.1 Å². The Morgan fingerprint density at radius 1 is 1.50 bits per heavy atom. The quantitative estimate of drug-likeness (QED) is 0.804. The standard InChI is InChI=1S/C14H16N2O2/c1-2-7-18-13-6-4-3-5-12(13)16-10-11(9-15)8-14(16)17/h1,3-6,11H,7-10,15H2. The smallest absolute Gasteiger partial charge is 0.227 e. The molecule has 2 N–H and O–H groups in total. The number of amides is 1. The van der Waals surface area contributed by atoms with Gasteiger partial charge in [0.05, 0.1) is 5.69 Å². The van der Waals surface area contributed by atoms with Crippen LogP contribution in [0.1, 0.15) is 6.42 Å². The molecule has 1 amide bonds. The molecule has 1 unspecified atom stereocenters. The third-order valence-corrected chi connectivity index (χ3v) is 3.01. The normalized spacial score (nSPS) is 18.8. The summed E-state index contributed by atoms with van der Waals surface area (Å²) >= 11 is 0. The number of rotatable bonds is 4. The number of para-hydroxylation sites is 2. The molecule has 4 nitrogen and oxygen atoms in total. The fourth-order valence-electron chi connectivity index (χ4n) is 2.09. The van der Waals surface area contributed by atoms with Gasteiger partial charge in [0.25, 0.3) is 0 Å². The molecule has 1 heterocycles. The molecule has 1 saturated heterocycles. The van der Waals surface area contributed by atoms with Gasteiger partial charge in [-0.25, -0.2) is 0 Å². The largest absolute Gasteiger partial charge is 0.479 e. The summed E-state index contributed by atoms with van der Waals surface area (Å²) in [6.07, 6.45) is 5.68. The lowest BCUT2D eigenvalue weighted by atomic mass is 10.1. The molecule has 1 aliphatic heterocycles. The van der Waals surface area contributed by atoms with Crippen LogP contribution in [0.15, 0.2) is 24.3 Å². The van der Waals surface area contributed by atoms with Crippen molar-refractivity contribution in [2.45, 2.75) is 6.42 Å². The average molecular weight is 244 g/mol. The van der Waals surface area contributed by atoms with E-state index in [0.717, 1.165) is 5.69 Å². The highest BCUT2D eigenvalue weighted by Gasteiger charge is 2.31. The molecule has 1 aromatic rings. The molecule has 1 fully saturated rings. The van der Waals surface area contributed by atoms with Crippen LogP contribution >= 0.6 is 0 Å². The zero-order valence-corrected chi connectivity index (χ0v) is 10.1. The Kier molecular flexibility index (Phi) is 3.85.